The minimum absolute atomic E-state index is 0. The molecule has 0 aliphatic rings. The van der Waals surface area contributed by atoms with Crippen molar-refractivity contribution in [2.24, 2.45) is 10.9 Å². The molecule has 0 amide bonds. The lowest BCUT2D eigenvalue weighted by atomic mass is 9.84. The fourth-order valence-corrected chi connectivity index (χ4v) is 3.15. The quantitative estimate of drug-likeness (QED) is 0.221. The van der Waals surface area contributed by atoms with Gasteiger partial charge in [-0.1, -0.05) is 33.3 Å². The van der Waals surface area contributed by atoms with Gasteiger partial charge in [0.15, 0.2) is 17.5 Å². The molecular weight excluding hydrogens is 481 g/mol. The molecule has 1 rings (SSSR count). The molecule has 168 valence electrons. The molecule has 29 heavy (non-hydrogen) atoms. The summed E-state index contributed by atoms with van der Waals surface area (Å²) >= 11 is 0. The van der Waals surface area contributed by atoms with Crippen LogP contribution in [0.5, 0.6) is 11.5 Å². The first-order chi connectivity index (χ1) is 13.4. The molecule has 1 aromatic rings. The van der Waals surface area contributed by atoms with Crippen LogP contribution in [0.25, 0.3) is 0 Å². The summed E-state index contributed by atoms with van der Waals surface area (Å²) in [5, 5.41) is 16.0. The van der Waals surface area contributed by atoms with Crippen LogP contribution in [0.1, 0.15) is 52.5 Å². The van der Waals surface area contributed by atoms with Gasteiger partial charge in [-0.15, -0.1) is 24.0 Å². The first-order valence-electron chi connectivity index (χ1n) is 10.3. The highest BCUT2D eigenvalue weighted by Gasteiger charge is 2.22. The molecule has 7 heteroatoms. The summed E-state index contributed by atoms with van der Waals surface area (Å²) in [6.07, 6.45) is 3.04. The number of methoxy groups -OCH3 is 2. The number of ether oxygens (including phenoxy) is 2. The lowest BCUT2D eigenvalue weighted by Crippen LogP contribution is -2.41. The summed E-state index contributed by atoms with van der Waals surface area (Å²) in [7, 11) is 3.29. The Balaban J connectivity index is 0.00000784. The van der Waals surface area contributed by atoms with Crippen molar-refractivity contribution in [3.63, 3.8) is 0 Å². The summed E-state index contributed by atoms with van der Waals surface area (Å²) in [5.74, 6) is 2.73. The standard InChI is InChI=1S/C22H39N3O3.HI/c1-7-9-17(12-13-26)15-24-21(23-8-2)25-16-22(3,4)18-10-11-19(27-5)20(14-18)28-6;/h10-11,14,17,26H,7-9,12-13,15-16H2,1-6H3,(H2,23,24,25);1H. The molecule has 0 saturated carbocycles. The molecular formula is C22H40IN3O3. The largest absolute Gasteiger partial charge is 0.493 e. The number of aliphatic hydroxyl groups is 1. The number of hydrogen-bond acceptors (Lipinski definition) is 4. The van der Waals surface area contributed by atoms with Gasteiger partial charge in [0.25, 0.3) is 0 Å². The summed E-state index contributed by atoms with van der Waals surface area (Å²) < 4.78 is 10.8. The Bertz CT molecular complexity index is 603. The molecule has 0 saturated heterocycles. The van der Waals surface area contributed by atoms with E-state index in [0.717, 1.165) is 55.4 Å². The van der Waals surface area contributed by atoms with E-state index in [1.165, 1.54) is 0 Å². The number of rotatable bonds is 12. The van der Waals surface area contributed by atoms with Crippen molar-refractivity contribution >= 4 is 29.9 Å². The first kappa shape index (κ1) is 27.8. The maximum Gasteiger partial charge on any atom is 0.191 e. The molecule has 0 spiro atoms. The monoisotopic (exact) mass is 521 g/mol. The van der Waals surface area contributed by atoms with E-state index in [9.17, 15) is 5.11 Å². The van der Waals surface area contributed by atoms with Crippen LogP contribution in [-0.2, 0) is 5.41 Å². The predicted molar refractivity (Wildman–Crippen MR) is 132 cm³/mol. The topological polar surface area (TPSA) is 75.1 Å². The number of halogens is 1. The zero-order valence-corrected chi connectivity index (χ0v) is 21.2. The summed E-state index contributed by atoms with van der Waals surface area (Å²) in [6.45, 7) is 11.1. The van der Waals surface area contributed by atoms with E-state index < -0.39 is 0 Å². The average molecular weight is 521 g/mol. The second kappa shape index (κ2) is 14.7. The third-order valence-corrected chi connectivity index (χ3v) is 4.93. The van der Waals surface area contributed by atoms with Crippen LogP contribution in [0.3, 0.4) is 0 Å². The highest BCUT2D eigenvalue weighted by atomic mass is 127. The SMILES string of the molecule is CCCC(CCO)CNC(=NCC(C)(C)c1ccc(OC)c(OC)c1)NCC.I. The molecule has 0 aromatic heterocycles. The first-order valence-corrected chi connectivity index (χ1v) is 10.3. The van der Waals surface area contributed by atoms with Gasteiger partial charge >= 0.3 is 0 Å². The second-order valence-corrected chi connectivity index (χ2v) is 7.70. The van der Waals surface area contributed by atoms with Gasteiger partial charge in [0.1, 0.15) is 0 Å². The Morgan fingerprint density at radius 2 is 1.79 bits per heavy atom. The van der Waals surface area contributed by atoms with Crippen molar-refractivity contribution in [1.29, 1.82) is 0 Å². The highest BCUT2D eigenvalue weighted by molar-refractivity contribution is 14.0. The van der Waals surface area contributed by atoms with Crippen molar-refractivity contribution in [3.05, 3.63) is 23.8 Å². The molecule has 3 N–H and O–H groups in total. The van der Waals surface area contributed by atoms with Gasteiger partial charge < -0.3 is 25.2 Å². The van der Waals surface area contributed by atoms with Crippen LogP contribution in [0, 0.1) is 5.92 Å². The summed E-state index contributed by atoms with van der Waals surface area (Å²) in [4.78, 5) is 4.81. The van der Waals surface area contributed by atoms with E-state index in [2.05, 4.69) is 44.4 Å². The van der Waals surface area contributed by atoms with Crippen LogP contribution in [0.15, 0.2) is 23.2 Å². The van der Waals surface area contributed by atoms with Gasteiger partial charge in [-0.25, -0.2) is 0 Å². The number of aliphatic hydroxyl groups excluding tert-OH is 1. The Kier molecular flexibility index (Phi) is 14.1. The van der Waals surface area contributed by atoms with E-state index in [4.69, 9.17) is 14.5 Å². The van der Waals surface area contributed by atoms with E-state index >= 15 is 0 Å². The number of aliphatic imine (C=N–C) groups is 1. The fraction of sp³-hybridized carbons (Fsp3) is 0.682. The minimum atomic E-state index is -0.157. The third-order valence-electron chi connectivity index (χ3n) is 4.93. The van der Waals surface area contributed by atoms with Crippen molar-refractivity contribution in [3.8, 4) is 11.5 Å². The molecule has 0 fully saturated rings. The lowest BCUT2D eigenvalue weighted by molar-refractivity contribution is 0.251. The van der Waals surface area contributed by atoms with Crippen LogP contribution in [0.4, 0.5) is 0 Å². The summed E-state index contributed by atoms with van der Waals surface area (Å²) in [6, 6.07) is 6.02. The third kappa shape index (κ3) is 9.42. The van der Waals surface area contributed by atoms with Gasteiger partial charge in [0.05, 0.1) is 20.8 Å². The predicted octanol–water partition coefficient (Wildman–Crippen LogP) is 3.95. The zero-order valence-electron chi connectivity index (χ0n) is 18.9. The fourth-order valence-electron chi connectivity index (χ4n) is 3.15. The molecule has 6 nitrogen and oxygen atoms in total. The van der Waals surface area contributed by atoms with Crippen molar-refractivity contribution < 1.29 is 14.6 Å². The average Bonchev–Trinajstić information content (AvgIpc) is 2.69. The van der Waals surface area contributed by atoms with Gasteiger partial charge in [-0.3, -0.25) is 4.99 Å². The number of guanidine groups is 1. The second-order valence-electron chi connectivity index (χ2n) is 7.70. The Morgan fingerprint density at radius 3 is 2.34 bits per heavy atom. The van der Waals surface area contributed by atoms with Crippen LogP contribution < -0.4 is 20.1 Å². The van der Waals surface area contributed by atoms with Crippen molar-refractivity contribution in [2.45, 2.75) is 52.4 Å². The van der Waals surface area contributed by atoms with Gasteiger partial charge in [-0.05, 0) is 43.4 Å². The van der Waals surface area contributed by atoms with Crippen molar-refractivity contribution in [2.75, 3.05) is 40.5 Å². The Morgan fingerprint density at radius 1 is 1.10 bits per heavy atom. The van der Waals surface area contributed by atoms with Crippen LogP contribution in [-0.4, -0.2) is 51.5 Å². The lowest BCUT2D eigenvalue weighted by Gasteiger charge is -2.25. The van der Waals surface area contributed by atoms with Crippen LogP contribution >= 0.6 is 24.0 Å². The Labute approximate surface area is 193 Å². The highest BCUT2D eigenvalue weighted by Crippen LogP contribution is 2.33. The van der Waals surface area contributed by atoms with E-state index in [1.54, 1.807) is 14.2 Å². The molecule has 0 radical (unpaired) electrons. The summed E-state index contributed by atoms with van der Waals surface area (Å²) in [5.41, 5.74) is 0.990. The van der Waals surface area contributed by atoms with Gasteiger partial charge in [-0.2, -0.15) is 0 Å². The molecule has 1 aromatic carbocycles. The molecule has 0 aliphatic heterocycles. The molecule has 1 unspecified atom stereocenters. The van der Waals surface area contributed by atoms with E-state index in [0.29, 0.717) is 12.5 Å². The Hall–Kier alpha value is -1.22. The smallest absolute Gasteiger partial charge is 0.191 e. The molecule has 0 aliphatic carbocycles. The maximum atomic E-state index is 9.26. The number of hydrogen-bond donors (Lipinski definition) is 3. The van der Waals surface area contributed by atoms with E-state index in [1.807, 2.05) is 12.1 Å². The number of nitrogens with one attached hydrogen (secondary N) is 2. The number of benzene rings is 1. The van der Waals surface area contributed by atoms with E-state index in [-0.39, 0.29) is 36.0 Å². The molecule has 0 bridgehead atoms. The normalized spacial score (nSPS) is 12.7. The maximum absolute atomic E-state index is 9.26. The zero-order chi connectivity index (χ0) is 21.0. The molecule has 0 heterocycles. The van der Waals surface area contributed by atoms with Crippen molar-refractivity contribution in [1.82, 2.24) is 10.6 Å². The van der Waals surface area contributed by atoms with Gasteiger partial charge in [0, 0.05) is 25.1 Å². The molecule has 1 atom stereocenters. The minimum Gasteiger partial charge on any atom is -0.493 e. The van der Waals surface area contributed by atoms with Gasteiger partial charge in [0.2, 0.25) is 0 Å². The number of nitrogens with zero attached hydrogens (tertiary/aromatic N) is 1. The van der Waals surface area contributed by atoms with Crippen LogP contribution in [0.2, 0.25) is 0 Å².